The number of aromatic nitrogens is 2. The molecular formula is C11H10N2S2. The van der Waals surface area contributed by atoms with Crippen molar-refractivity contribution in [3.63, 3.8) is 0 Å². The fourth-order valence-corrected chi connectivity index (χ4v) is 1.62. The van der Waals surface area contributed by atoms with Crippen molar-refractivity contribution in [2.45, 2.75) is 4.58 Å². The van der Waals surface area contributed by atoms with Crippen molar-refractivity contribution < 1.29 is 0 Å². The lowest BCUT2D eigenvalue weighted by molar-refractivity contribution is 1.20. The van der Waals surface area contributed by atoms with E-state index in [1.807, 2.05) is 24.3 Å². The third-order valence-electron chi connectivity index (χ3n) is 2.07. The van der Waals surface area contributed by atoms with E-state index in [1.54, 1.807) is 18.6 Å². The Morgan fingerprint density at radius 2 is 1.73 bits per heavy atom. The van der Waals surface area contributed by atoms with Gasteiger partial charge >= 0.3 is 0 Å². The van der Waals surface area contributed by atoms with Crippen molar-refractivity contribution in [3.05, 3.63) is 48.4 Å². The average Bonchev–Trinajstić information content (AvgIpc) is 2.30. The summed E-state index contributed by atoms with van der Waals surface area (Å²) in [6.07, 6.45) is 5.09. The molecule has 0 aliphatic heterocycles. The molecule has 76 valence electrons. The number of thiol groups is 2. The molecule has 1 heterocycles. The molecule has 2 aromatic rings. The van der Waals surface area contributed by atoms with E-state index in [1.165, 1.54) is 0 Å². The van der Waals surface area contributed by atoms with Gasteiger partial charge in [0.05, 0.1) is 16.5 Å². The molecular weight excluding hydrogens is 224 g/mol. The Balaban J connectivity index is 2.32. The molecule has 0 N–H and O–H groups in total. The molecule has 0 saturated heterocycles. The molecule has 1 aromatic carbocycles. The van der Waals surface area contributed by atoms with E-state index in [9.17, 15) is 0 Å². The molecule has 0 fully saturated rings. The highest BCUT2D eigenvalue weighted by atomic mass is 32.2. The zero-order valence-corrected chi connectivity index (χ0v) is 9.70. The first kappa shape index (κ1) is 10.5. The lowest BCUT2D eigenvalue weighted by Gasteiger charge is -2.04. The highest BCUT2D eigenvalue weighted by molar-refractivity contribution is 7.98. The molecule has 0 bridgehead atoms. The summed E-state index contributed by atoms with van der Waals surface area (Å²) in [6, 6.07) is 7.99. The summed E-state index contributed by atoms with van der Waals surface area (Å²) in [7, 11) is 0. The summed E-state index contributed by atoms with van der Waals surface area (Å²) < 4.78 is -0.0408. The van der Waals surface area contributed by atoms with Gasteiger partial charge in [-0.2, -0.15) is 25.3 Å². The molecule has 4 heteroatoms. The van der Waals surface area contributed by atoms with Crippen LogP contribution in [0.15, 0.2) is 42.9 Å². The molecule has 0 amide bonds. The van der Waals surface area contributed by atoms with Gasteiger partial charge in [-0.15, -0.1) is 0 Å². The molecule has 2 rings (SSSR count). The van der Waals surface area contributed by atoms with Crippen molar-refractivity contribution in [2.75, 3.05) is 0 Å². The van der Waals surface area contributed by atoms with Gasteiger partial charge in [-0.25, -0.2) is 0 Å². The van der Waals surface area contributed by atoms with E-state index < -0.39 is 0 Å². The minimum Gasteiger partial charge on any atom is -0.261 e. The number of rotatable bonds is 2. The fourth-order valence-electron chi connectivity index (χ4n) is 1.27. The normalized spacial score (nSPS) is 10.6. The van der Waals surface area contributed by atoms with Crippen LogP contribution in [0.4, 0.5) is 0 Å². The Hall–Kier alpha value is -1.00. The van der Waals surface area contributed by atoms with Gasteiger partial charge in [0.15, 0.2) is 0 Å². The molecule has 0 spiro atoms. The van der Waals surface area contributed by atoms with Crippen molar-refractivity contribution in [1.29, 1.82) is 0 Å². The molecule has 0 aliphatic carbocycles. The van der Waals surface area contributed by atoms with Gasteiger partial charge in [0.25, 0.3) is 0 Å². The Kier molecular flexibility index (Phi) is 3.28. The minimum absolute atomic E-state index is 0.0408. The van der Waals surface area contributed by atoms with Crippen LogP contribution in [0.3, 0.4) is 0 Å². The summed E-state index contributed by atoms with van der Waals surface area (Å²) in [6.45, 7) is 0. The topological polar surface area (TPSA) is 25.8 Å². The van der Waals surface area contributed by atoms with E-state index in [2.05, 4.69) is 35.2 Å². The van der Waals surface area contributed by atoms with Crippen LogP contribution in [0.5, 0.6) is 0 Å². The van der Waals surface area contributed by atoms with Gasteiger partial charge < -0.3 is 0 Å². The van der Waals surface area contributed by atoms with Gasteiger partial charge in [0.2, 0.25) is 0 Å². The van der Waals surface area contributed by atoms with Crippen LogP contribution in [-0.2, 0) is 0 Å². The van der Waals surface area contributed by atoms with E-state index in [4.69, 9.17) is 0 Å². The molecule has 0 unspecified atom stereocenters. The Morgan fingerprint density at radius 1 is 1.00 bits per heavy atom. The zero-order chi connectivity index (χ0) is 10.7. The third-order valence-corrected chi connectivity index (χ3v) is 2.66. The van der Waals surface area contributed by atoms with E-state index in [0.717, 1.165) is 16.8 Å². The molecule has 0 radical (unpaired) electrons. The second-order valence-electron chi connectivity index (χ2n) is 3.09. The summed E-state index contributed by atoms with van der Waals surface area (Å²) in [4.78, 5) is 8.25. The standard InChI is InChI=1S/C11H10N2S2/c14-11(15)9-3-1-8(2-4-9)10-7-12-5-6-13-10/h1-7,11,14-15H. The third kappa shape index (κ3) is 2.52. The first-order valence-electron chi connectivity index (χ1n) is 4.50. The van der Waals surface area contributed by atoms with E-state index >= 15 is 0 Å². The molecule has 0 aliphatic rings. The average molecular weight is 234 g/mol. The minimum atomic E-state index is -0.0408. The second kappa shape index (κ2) is 4.68. The Bertz CT molecular complexity index is 426. The Labute approximate surface area is 99.6 Å². The number of nitrogens with zero attached hydrogens (tertiary/aromatic N) is 2. The van der Waals surface area contributed by atoms with Crippen LogP contribution in [0.2, 0.25) is 0 Å². The summed E-state index contributed by atoms with van der Waals surface area (Å²) in [5, 5.41) is 0. The smallest absolute Gasteiger partial charge is 0.0885 e. The van der Waals surface area contributed by atoms with Gasteiger partial charge in [-0.05, 0) is 5.56 Å². The summed E-state index contributed by atoms with van der Waals surface area (Å²) >= 11 is 8.49. The maximum absolute atomic E-state index is 4.25. The maximum atomic E-state index is 4.25. The van der Waals surface area contributed by atoms with Gasteiger partial charge in [0, 0.05) is 18.0 Å². The highest BCUT2D eigenvalue weighted by Gasteiger charge is 2.02. The summed E-state index contributed by atoms with van der Waals surface area (Å²) in [5.41, 5.74) is 3.00. The van der Waals surface area contributed by atoms with Crippen molar-refractivity contribution >= 4 is 25.3 Å². The fraction of sp³-hybridized carbons (Fsp3) is 0.0909. The monoisotopic (exact) mass is 234 g/mol. The predicted molar refractivity (Wildman–Crippen MR) is 68.2 cm³/mol. The lowest BCUT2D eigenvalue weighted by atomic mass is 10.1. The van der Waals surface area contributed by atoms with Crippen LogP contribution in [-0.4, -0.2) is 9.97 Å². The molecule has 0 atom stereocenters. The molecule has 2 nitrogen and oxygen atoms in total. The zero-order valence-electron chi connectivity index (χ0n) is 7.91. The van der Waals surface area contributed by atoms with Crippen molar-refractivity contribution in [3.8, 4) is 11.3 Å². The highest BCUT2D eigenvalue weighted by Crippen LogP contribution is 2.25. The summed E-state index contributed by atoms with van der Waals surface area (Å²) in [5.74, 6) is 0. The van der Waals surface area contributed by atoms with E-state index in [0.29, 0.717) is 0 Å². The molecule has 15 heavy (non-hydrogen) atoms. The quantitative estimate of drug-likeness (QED) is 0.617. The van der Waals surface area contributed by atoms with E-state index in [-0.39, 0.29) is 4.58 Å². The lowest BCUT2D eigenvalue weighted by Crippen LogP contribution is -1.86. The molecule has 1 aromatic heterocycles. The second-order valence-corrected chi connectivity index (χ2v) is 4.53. The van der Waals surface area contributed by atoms with Gasteiger partial charge in [0.1, 0.15) is 0 Å². The Morgan fingerprint density at radius 3 is 2.27 bits per heavy atom. The SMILES string of the molecule is SC(S)c1ccc(-c2cnccn2)cc1. The predicted octanol–water partition coefficient (Wildman–Crippen LogP) is 3.00. The van der Waals surface area contributed by atoms with Crippen molar-refractivity contribution in [2.24, 2.45) is 0 Å². The molecule has 0 saturated carbocycles. The van der Waals surface area contributed by atoms with Gasteiger partial charge in [-0.1, -0.05) is 24.3 Å². The van der Waals surface area contributed by atoms with Gasteiger partial charge in [-0.3, -0.25) is 9.97 Å². The van der Waals surface area contributed by atoms with Crippen LogP contribution in [0.1, 0.15) is 10.1 Å². The van der Waals surface area contributed by atoms with Crippen molar-refractivity contribution in [1.82, 2.24) is 9.97 Å². The van der Waals surface area contributed by atoms with Crippen LogP contribution in [0.25, 0.3) is 11.3 Å². The first-order chi connectivity index (χ1) is 7.27. The number of benzene rings is 1. The first-order valence-corrected chi connectivity index (χ1v) is 5.53. The number of hydrogen-bond donors (Lipinski definition) is 2. The van der Waals surface area contributed by atoms with Crippen LogP contribution < -0.4 is 0 Å². The largest absolute Gasteiger partial charge is 0.261 e. The number of hydrogen-bond acceptors (Lipinski definition) is 4. The van der Waals surface area contributed by atoms with Crippen LogP contribution >= 0.6 is 25.3 Å². The maximum Gasteiger partial charge on any atom is 0.0885 e. The van der Waals surface area contributed by atoms with Crippen LogP contribution in [0, 0.1) is 0 Å².